The van der Waals surface area contributed by atoms with Gasteiger partial charge in [0.15, 0.2) is 0 Å². The number of aliphatic hydroxyl groups excluding tert-OH is 1. The summed E-state index contributed by atoms with van der Waals surface area (Å²) in [5.41, 5.74) is 2.78. The minimum absolute atomic E-state index is 0.000816. The third-order valence-corrected chi connectivity index (χ3v) is 6.06. The fourth-order valence-electron chi connectivity index (χ4n) is 4.27. The molecule has 4 rings (SSSR count). The summed E-state index contributed by atoms with van der Waals surface area (Å²) in [7, 11) is 3.04. The van der Waals surface area contributed by atoms with E-state index in [1.807, 2.05) is 18.5 Å². The van der Waals surface area contributed by atoms with Crippen LogP contribution < -0.4 is 11.2 Å². The lowest BCUT2D eigenvalue weighted by Gasteiger charge is -2.34. The second kappa shape index (κ2) is 7.61. The molecule has 8 heteroatoms. The Hall–Kier alpha value is -2.71. The first kappa shape index (κ1) is 19.6. The molecule has 8 nitrogen and oxygen atoms in total. The number of hydrogen-bond acceptors (Lipinski definition) is 5. The van der Waals surface area contributed by atoms with Crippen LogP contribution in [0.4, 0.5) is 0 Å². The van der Waals surface area contributed by atoms with Gasteiger partial charge in [-0.25, -0.2) is 9.78 Å². The van der Waals surface area contributed by atoms with Crippen LogP contribution in [0.15, 0.2) is 40.3 Å². The van der Waals surface area contributed by atoms with Gasteiger partial charge in [-0.3, -0.25) is 14.3 Å². The Balaban J connectivity index is 1.45. The number of rotatable bonds is 4. The van der Waals surface area contributed by atoms with Gasteiger partial charge in [0.05, 0.1) is 23.6 Å². The molecule has 3 aromatic rings. The SMILES string of the molecule is Cc1cccn2c(CN3CCC(C(O)c4cn(C)c(=O)n(C)c4=O)CC3)cnc12. The molecule has 154 valence electrons. The normalized spacial score (nSPS) is 17.1. The zero-order valence-electron chi connectivity index (χ0n) is 17.1. The topological polar surface area (TPSA) is 84.8 Å². The fraction of sp³-hybridized carbons (Fsp3) is 0.476. The van der Waals surface area contributed by atoms with Crippen LogP contribution in [0, 0.1) is 12.8 Å². The van der Waals surface area contributed by atoms with Crippen molar-refractivity contribution in [1.82, 2.24) is 23.4 Å². The van der Waals surface area contributed by atoms with Crippen molar-refractivity contribution in [3.05, 3.63) is 68.4 Å². The number of aryl methyl sites for hydroxylation is 2. The van der Waals surface area contributed by atoms with Gasteiger partial charge >= 0.3 is 5.69 Å². The maximum Gasteiger partial charge on any atom is 0.330 e. The lowest BCUT2D eigenvalue weighted by Crippen LogP contribution is -2.41. The highest BCUT2D eigenvalue weighted by atomic mass is 16.3. The maximum atomic E-state index is 12.4. The van der Waals surface area contributed by atoms with Crippen molar-refractivity contribution in [1.29, 1.82) is 0 Å². The summed E-state index contributed by atoms with van der Waals surface area (Å²) in [5, 5.41) is 10.8. The summed E-state index contributed by atoms with van der Waals surface area (Å²) in [6.07, 6.45) is 6.17. The van der Waals surface area contributed by atoms with E-state index < -0.39 is 11.7 Å². The molecule has 29 heavy (non-hydrogen) atoms. The lowest BCUT2D eigenvalue weighted by atomic mass is 9.88. The van der Waals surface area contributed by atoms with Gasteiger partial charge in [0, 0.05) is 33.0 Å². The maximum absolute atomic E-state index is 12.4. The van der Waals surface area contributed by atoms with E-state index in [2.05, 4.69) is 27.3 Å². The Labute approximate surface area is 168 Å². The number of aliphatic hydroxyl groups is 1. The Morgan fingerprint density at radius 2 is 1.97 bits per heavy atom. The van der Waals surface area contributed by atoms with Gasteiger partial charge in [0.1, 0.15) is 5.65 Å². The van der Waals surface area contributed by atoms with E-state index in [0.717, 1.165) is 53.9 Å². The second-order valence-electron chi connectivity index (χ2n) is 8.03. The number of fused-ring (bicyclic) bond motifs is 1. The Morgan fingerprint density at radius 1 is 1.24 bits per heavy atom. The molecule has 1 N–H and O–H groups in total. The molecule has 1 atom stereocenters. The number of aromatic nitrogens is 4. The number of hydrogen-bond donors (Lipinski definition) is 1. The largest absolute Gasteiger partial charge is 0.388 e. The van der Waals surface area contributed by atoms with Crippen molar-refractivity contribution in [2.45, 2.75) is 32.4 Å². The molecule has 1 aliphatic heterocycles. The van der Waals surface area contributed by atoms with E-state index in [0.29, 0.717) is 5.56 Å². The second-order valence-corrected chi connectivity index (χ2v) is 8.03. The molecule has 1 unspecified atom stereocenters. The Morgan fingerprint density at radius 3 is 2.69 bits per heavy atom. The Kier molecular flexibility index (Phi) is 5.14. The van der Waals surface area contributed by atoms with Crippen LogP contribution in [0.3, 0.4) is 0 Å². The van der Waals surface area contributed by atoms with E-state index in [1.165, 1.54) is 17.8 Å². The van der Waals surface area contributed by atoms with E-state index in [-0.39, 0.29) is 11.6 Å². The van der Waals surface area contributed by atoms with E-state index in [1.54, 1.807) is 7.05 Å². The van der Waals surface area contributed by atoms with Crippen LogP contribution in [0.1, 0.15) is 35.8 Å². The van der Waals surface area contributed by atoms with Crippen molar-refractivity contribution in [3.63, 3.8) is 0 Å². The highest BCUT2D eigenvalue weighted by Crippen LogP contribution is 2.29. The molecule has 0 amide bonds. The smallest absolute Gasteiger partial charge is 0.330 e. The first-order valence-electron chi connectivity index (χ1n) is 9.95. The first-order chi connectivity index (χ1) is 13.9. The van der Waals surface area contributed by atoms with Crippen LogP contribution in [-0.4, -0.2) is 41.6 Å². The van der Waals surface area contributed by atoms with Gasteiger partial charge in [-0.15, -0.1) is 0 Å². The van der Waals surface area contributed by atoms with Crippen molar-refractivity contribution in [2.75, 3.05) is 13.1 Å². The van der Waals surface area contributed by atoms with Crippen LogP contribution in [-0.2, 0) is 20.6 Å². The first-order valence-corrected chi connectivity index (χ1v) is 9.95. The highest BCUT2D eigenvalue weighted by Gasteiger charge is 2.29. The molecule has 0 aliphatic carbocycles. The molecular formula is C21H27N5O3. The summed E-state index contributed by atoms with van der Waals surface area (Å²) in [6, 6.07) is 4.09. The fourth-order valence-corrected chi connectivity index (χ4v) is 4.27. The van der Waals surface area contributed by atoms with Crippen molar-refractivity contribution >= 4 is 5.65 Å². The quantitative estimate of drug-likeness (QED) is 0.710. The van der Waals surface area contributed by atoms with Crippen molar-refractivity contribution in [3.8, 4) is 0 Å². The molecule has 0 aromatic carbocycles. The van der Waals surface area contributed by atoms with Gasteiger partial charge in [-0.05, 0) is 50.4 Å². The highest BCUT2D eigenvalue weighted by molar-refractivity contribution is 5.48. The molecule has 1 saturated heterocycles. The molecule has 1 aliphatic rings. The van der Waals surface area contributed by atoms with Crippen molar-refractivity contribution < 1.29 is 5.11 Å². The van der Waals surface area contributed by atoms with Crippen LogP contribution >= 0.6 is 0 Å². The zero-order chi connectivity index (χ0) is 20.7. The molecular weight excluding hydrogens is 370 g/mol. The van der Waals surface area contributed by atoms with Gasteiger partial charge < -0.3 is 14.1 Å². The average Bonchev–Trinajstić information content (AvgIpc) is 3.13. The van der Waals surface area contributed by atoms with Gasteiger partial charge in [-0.2, -0.15) is 0 Å². The molecule has 0 saturated carbocycles. The molecule has 3 aromatic heterocycles. The van der Waals surface area contributed by atoms with Gasteiger partial charge in [-0.1, -0.05) is 6.07 Å². The number of imidazole rings is 1. The molecule has 0 spiro atoms. The number of piperidine rings is 1. The van der Waals surface area contributed by atoms with Gasteiger partial charge in [0.25, 0.3) is 5.56 Å². The van der Waals surface area contributed by atoms with Gasteiger partial charge in [0.2, 0.25) is 0 Å². The third-order valence-electron chi connectivity index (χ3n) is 6.06. The summed E-state index contributed by atoms with van der Waals surface area (Å²) in [6.45, 7) is 4.54. The Bertz CT molecular complexity index is 1150. The van der Waals surface area contributed by atoms with E-state index in [9.17, 15) is 14.7 Å². The molecule has 4 heterocycles. The lowest BCUT2D eigenvalue weighted by molar-refractivity contribution is 0.0546. The standard InChI is InChI=1S/C21H27N5O3/c1-14-5-4-8-26-16(11-22-19(14)26)12-25-9-6-15(7-10-25)18(27)17-13-23(2)21(29)24(3)20(17)28/h4-5,8,11,13,15,18,27H,6-7,9-10,12H2,1-3H3. The molecule has 0 radical (unpaired) electrons. The molecule has 1 fully saturated rings. The minimum Gasteiger partial charge on any atom is -0.388 e. The predicted octanol–water partition coefficient (Wildman–Crippen LogP) is 0.986. The average molecular weight is 397 g/mol. The monoisotopic (exact) mass is 397 g/mol. The summed E-state index contributed by atoms with van der Waals surface area (Å²) in [5.74, 6) is 0.000816. The minimum atomic E-state index is -0.860. The molecule has 0 bridgehead atoms. The van der Waals surface area contributed by atoms with E-state index >= 15 is 0 Å². The predicted molar refractivity (Wildman–Crippen MR) is 110 cm³/mol. The third kappa shape index (κ3) is 3.54. The summed E-state index contributed by atoms with van der Waals surface area (Å²) in [4.78, 5) is 31.2. The van der Waals surface area contributed by atoms with Crippen molar-refractivity contribution in [2.24, 2.45) is 20.0 Å². The van der Waals surface area contributed by atoms with Crippen LogP contribution in [0.2, 0.25) is 0 Å². The summed E-state index contributed by atoms with van der Waals surface area (Å²) >= 11 is 0. The zero-order valence-corrected chi connectivity index (χ0v) is 17.1. The van der Waals surface area contributed by atoms with E-state index in [4.69, 9.17) is 0 Å². The number of nitrogens with zero attached hydrogens (tertiary/aromatic N) is 5. The van der Waals surface area contributed by atoms with Crippen LogP contribution in [0.5, 0.6) is 0 Å². The summed E-state index contributed by atoms with van der Waals surface area (Å²) < 4.78 is 4.53. The van der Waals surface area contributed by atoms with Crippen LogP contribution in [0.25, 0.3) is 5.65 Å². The number of likely N-dealkylation sites (tertiary alicyclic amines) is 1. The number of pyridine rings is 1.